The number of aryl methyl sites for hydroxylation is 2. The molecule has 0 aliphatic carbocycles. The van der Waals surface area contributed by atoms with Crippen LogP contribution < -0.4 is 0 Å². The van der Waals surface area contributed by atoms with Gasteiger partial charge in [0.1, 0.15) is 0 Å². The van der Waals surface area contributed by atoms with Gasteiger partial charge in [-0.3, -0.25) is 4.79 Å². The standard InChI is InChI=1S/C13H18O/c1-8(2)12-6-9(3)13(11(5)14)10(4)7-12/h6-8H,1-5H3. The van der Waals surface area contributed by atoms with Gasteiger partial charge >= 0.3 is 0 Å². The summed E-state index contributed by atoms with van der Waals surface area (Å²) in [6.07, 6.45) is 0. The number of Topliss-reactive ketones (excluding diaryl/α,β-unsaturated/α-hetero) is 1. The van der Waals surface area contributed by atoms with Gasteiger partial charge in [-0.15, -0.1) is 0 Å². The van der Waals surface area contributed by atoms with Crippen molar-refractivity contribution in [2.24, 2.45) is 0 Å². The Labute approximate surface area is 86.1 Å². The molecule has 1 aromatic rings. The lowest BCUT2D eigenvalue weighted by molar-refractivity contribution is 0.101. The van der Waals surface area contributed by atoms with Gasteiger partial charge in [0.2, 0.25) is 0 Å². The van der Waals surface area contributed by atoms with E-state index in [1.54, 1.807) is 6.92 Å². The van der Waals surface area contributed by atoms with E-state index in [9.17, 15) is 4.79 Å². The zero-order chi connectivity index (χ0) is 10.9. The summed E-state index contributed by atoms with van der Waals surface area (Å²) in [7, 11) is 0. The lowest BCUT2D eigenvalue weighted by Gasteiger charge is -2.12. The van der Waals surface area contributed by atoms with Crippen molar-refractivity contribution in [1.29, 1.82) is 0 Å². The maximum Gasteiger partial charge on any atom is 0.160 e. The van der Waals surface area contributed by atoms with E-state index in [0.29, 0.717) is 5.92 Å². The molecular formula is C13H18O. The summed E-state index contributed by atoms with van der Waals surface area (Å²) < 4.78 is 0. The van der Waals surface area contributed by atoms with Gasteiger partial charge in [-0.1, -0.05) is 26.0 Å². The van der Waals surface area contributed by atoms with Crippen molar-refractivity contribution in [3.05, 3.63) is 34.4 Å². The summed E-state index contributed by atoms with van der Waals surface area (Å²) in [5.41, 5.74) is 4.39. The minimum absolute atomic E-state index is 0.162. The zero-order valence-electron chi connectivity index (χ0n) is 9.64. The van der Waals surface area contributed by atoms with Crippen LogP contribution in [0.15, 0.2) is 12.1 Å². The largest absolute Gasteiger partial charge is 0.294 e. The second-order valence-corrected chi connectivity index (χ2v) is 4.24. The summed E-state index contributed by atoms with van der Waals surface area (Å²) in [4.78, 5) is 11.4. The summed E-state index contributed by atoms with van der Waals surface area (Å²) in [6.45, 7) is 9.99. The van der Waals surface area contributed by atoms with Crippen LogP contribution in [0.3, 0.4) is 0 Å². The van der Waals surface area contributed by atoms with Gasteiger partial charge in [0.15, 0.2) is 5.78 Å². The SMILES string of the molecule is CC(=O)c1c(C)cc(C(C)C)cc1C. The highest BCUT2D eigenvalue weighted by molar-refractivity contribution is 5.97. The minimum atomic E-state index is 0.162. The van der Waals surface area contributed by atoms with Crippen molar-refractivity contribution < 1.29 is 4.79 Å². The van der Waals surface area contributed by atoms with Gasteiger partial charge in [0.05, 0.1) is 0 Å². The van der Waals surface area contributed by atoms with E-state index in [1.807, 2.05) is 13.8 Å². The Morgan fingerprint density at radius 1 is 1.14 bits per heavy atom. The molecule has 1 nitrogen and oxygen atoms in total. The van der Waals surface area contributed by atoms with E-state index < -0.39 is 0 Å². The molecule has 0 aliphatic heterocycles. The Morgan fingerprint density at radius 2 is 1.57 bits per heavy atom. The Balaban J connectivity index is 3.32. The molecule has 0 saturated carbocycles. The molecule has 14 heavy (non-hydrogen) atoms. The molecule has 0 bridgehead atoms. The quantitative estimate of drug-likeness (QED) is 0.651. The lowest BCUT2D eigenvalue weighted by Crippen LogP contribution is -2.02. The van der Waals surface area contributed by atoms with Crippen molar-refractivity contribution in [3.8, 4) is 0 Å². The Morgan fingerprint density at radius 3 is 1.86 bits per heavy atom. The maximum absolute atomic E-state index is 11.4. The van der Waals surface area contributed by atoms with E-state index in [4.69, 9.17) is 0 Å². The van der Waals surface area contributed by atoms with Crippen LogP contribution >= 0.6 is 0 Å². The number of hydrogen-bond donors (Lipinski definition) is 0. The molecule has 1 rings (SSSR count). The highest BCUT2D eigenvalue weighted by atomic mass is 16.1. The molecule has 0 amide bonds. The summed E-state index contributed by atoms with van der Waals surface area (Å²) >= 11 is 0. The van der Waals surface area contributed by atoms with Crippen molar-refractivity contribution >= 4 is 5.78 Å². The van der Waals surface area contributed by atoms with Gasteiger partial charge in [-0.2, -0.15) is 0 Å². The predicted molar refractivity (Wildman–Crippen MR) is 60.0 cm³/mol. The average molecular weight is 190 g/mol. The molecular weight excluding hydrogens is 172 g/mol. The molecule has 0 saturated heterocycles. The second kappa shape index (κ2) is 3.95. The number of carbonyl (C=O) groups is 1. The Bertz CT molecular complexity index is 338. The van der Waals surface area contributed by atoms with Crippen molar-refractivity contribution in [2.75, 3.05) is 0 Å². The highest BCUT2D eigenvalue weighted by Crippen LogP contribution is 2.22. The van der Waals surface area contributed by atoms with Crippen LogP contribution in [-0.2, 0) is 0 Å². The Kier molecular flexibility index (Phi) is 3.10. The van der Waals surface area contributed by atoms with Gasteiger partial charge in [0, 0.05) is 5.56 Å². The van der Waals surface area contributed by atoms with Crippen LogP contribution in [0.25, 0.3) is 0 Å². The van der Waals surface area contributed by atoms with E-state index in [1.165, 1.54) is 5.56 Å². The van der Waals surface area contributed by atoms with Gasteiger partial charge in [-0.25, -0.2) is 0 Å². The third-order valence-corrected chi connectivity index (χ3v) is 2.57. The monoisotopic (exact) mass is 190 g/mol. The van der Waals surface area contributed by atoms with Crippen LogP contribution in [0, 0.1) is 13.8 Å². The van der Waals surface area contributed by atoms with Gasteiger partial charge in [-0.05, 0) is 43.4 Å². The van der Waals surface area contributed by atoms with Crippen LogP contribution in [0.1, 0.15) is 53.7 Å². The maximum atomic E-state index is 11.4. The fourth-order valence-electron chi connectivity index (χ4n) is 1.89. The van der Waals surface area contributed by atoms with Crippen LogP contribution in [0.4, 0.5) is 0 Å². The first kappa shape index (κ1) is 11.0. The molecule has 76 valence electrons. The molecule has 0 spiro atoms. The topological polar surface area (TPSA) is 17.1 Å². The summed E-state index contributed by atoms with van der Waals surface area (Å²) in [5.74, 6) is 0.684. The van der Waals surface area contributed by atoms with Crippen molar-refractivity contribution in [2.45, 2.75) is 40.5 Å². The fourth-order valence-corrected chi connectivity index (χ4v) is 1.89. The molecule has 0 aliphatic rings. The van der Waals surface area contributed by atoms with E-state index in [0.717, 1.165) is 16.7 Å². The number of benzene rings is 1. The minimum Gasteiger partial charge on any atom is -0.294 e. The summed E-state index contributed by atoms with van der Waals surface area (Å²) in [5, 5.41) is 0. The zero-order valence-corrected chi connectivity index (χ0v) is 9.64. The first-order valence-electron chi connectivity index (χ1n) is 5.05. The summed E-state index contributed by atoms with van der Waals surface area (Å²) in [6, 6.07) is 4.24. The predicted octanol–water partition coefficient (Wildman–Crippen LogP) is 3.63. The van der Waals surface area contributed by atoms with Crippen LogP contribution in [0.2, 0.25) is 0 Å². The first-order valence-corrected chi connectivity index (χ1v) is 5.05. The number of hydrogen-bond acceptors (Lipinski definition) is 1. The van der Waals surface area contributed by atoms with Gasteiger partial charge in [0.25, 0.3) is 0 Å². The first-order chi connectivity index (χ1) is 6.43. The molecule has 0 unspecified atom stereocenters. The van der Waals surface area contributed by atoms with E-state index >= 15 is 0 Å². The number of ketones is 1. The van der Waals surface area contributed by atoms with Crippen LogP contribution in [0.5, 0.6) is 0 Å². The van der Waals surface area contributed by atoms with Crippen molar-refractivity contribution in [1.82, 2.24) is 0 Å². The smallest absolute Gasteiger partial charge is 0.160 e. The van der Waals surface area contributed by atoms with E-state index in [2.05, 4.69) is 26.0 Å². The van der Waals surface area contributed by atoms with Gasteiger partial charge < -0.3 is 0 Å². The molecule has 0 atom stereocenters. The molecule has 0 aromatic heterocycles. The molecule has 0 fully saturated rings. The molecule has 0 radical (unpaired) electrons. The molecule has 0 heterocycles. The van der Waals surface area contributed by atoms with Crippen LogP contribution in [-0.4, -0.2) is 5.78 Å². The number of carbonyl (C=O) groups excluding carboxylic acids is 1. The third-order valence-electron chi connectivity index (χ3n) is 2.57. The second-order valence-electron chi connectivity index (χ2n) is 4.24. The molecule has 1 heteroatoms. The molecule has 0 N–H and O–H groups in total. The normalized spacial score (nSPS) is 10.7. The highest BCUT2D eigenvalue weighted by Gasteiger charge is 2.10. The Hall–Kier alpha value is -1.11. The van der Waals surface area contributed by atoms with E-state index in [-0.39, 0.29) is 5.78 Å². The lowest BCUT2D eigenvalue weighted by atomic mass is 9.92. The third kappa shape index (κ3) is 2.03. The average Bonchev–Trinajstić information content (AvgIpc) is 2.01. The van der Waals surface area contributed by atoms with Crippen molar-refractivity contribution in [3.63, 3.8) is 0 Å². The molecule has 1 aromatic carbocycles. The number of rotatable bonds is 2. The fraction of sp³-hybridized carbons (Fsp3) is 0.462.